The number of anilines is 1. The third-order valence-corrected chi connectivity index (χ3v) is 6.78. The van der Waals surface area contributed by atoms with Crippen LogP contribution in [-0.4, -0.2) is 29.0 Å². The average molecular weight is 395 g/mol. The van der Waals surface area contributed by atoms with Gasteiger partial charge in [-0.05, 0) is 44.7 Å². The summed E-state index contributed by atoms with van der Waals surface area (Å²) in [6, 6.07) is 8.28. The molecule has 5 nitrogen and oxygen atoms in total. The minimum Gasteiger partial charge on any atom is -0.356 e. The molecule has 0 radical (unpaired) electrons. The van der Waals surface area contributed by atoms with E-state index in [0.29, 0.717) is 6.54 Å². The van der Waals surface area contributed by atoms with Crippen molar-refractivity contribution in [2.24, 2.45) is 5.92 Å². The van der Waals surface area contributed by atoms with Crippen molar-refractivity contribution in [3.63, 3.8) is 0 Å². The highest BCUT2D eigenvalue weighted by atomic mass is 32.1. The summed E-state index contributed by atoms with van der Waals surface area (Å²) in [7, 11) is 0. The topological polar surface area (TPSA) is 58.1 Å². The van der Waals surface area contributed by atoms with Crippen molar-refractivity contribution in [3.8, 4) is 0 Å². The number of aromatic nitrogens is 2. The molecule has 0 atom stereocenters. The number of carbonyl (C=O) groups is 1. The van der Waals surface area contributed by atoms with Crippen LogP contribution in [-0.2, 0) is 11.3 Å². The highest BCUT2D eigenvalue weighted by Crippen LogP contribution is 2.35. The third-order valence-electron chi connectivity index (χ3n) is 5.66. The van der Waals surface area contributed by atoms with Crippen LogP contribution in [0.15, 0.2) is 30.6 Å². The molecule has 6 heteroatoms. The summed E-state index contributed by atoms with van der Waals surface area (Å²) >= 11 is 1.73. The van der Waals surface area contributed by atoms with Crippen LogP contribution in [0.5, 0.6) is 0 Å². The molecular formula is C22H26N4OS. The lowest BCUT2D eigenvalue weighted by Crippen LogP contribution is -2.40. The quantitative estimate of drug-likeness (QED) is 0.722. The molecule has 28 heavy (non-hydrogen) atoms. The molecule has 2 aromatic heterocycles. The molecule has 1 amide bonds. The second-order valence-corrected chi connectivity index (χ2v) is 8.83. The normalized spacial score (nSPS) is 15.2. The van der Waals surface area contributed by atoms with Gasteiger partial charge >= 0.3 is 0 Å². The van der Waals surface area contributed by atoms with E-state index in [1.807, 2.05) is 6.07 Å². The largest absolute Gasteiger partial charge is 0.356 e. The molecule has 146 valence electrons. The van der Waals surface area contributed by atoms with Gasteiger partial charge < -0.3 is 10.2 Å². The second-order valence-electron chi connectivity index (χ2n) is 7.63. The summed E-state index contributed by atoms with van der Waals surface area (Å²) in [5, 5.41) is 4.28. The van der Waals surface area contributed by atoms with E-state index in [0.717, 1.165) is 42.1 Å². The summed E-state index contributed by atoms with van der Waals surface area (Å²) in [6.07, 6.45) is 3.37. The van der Waals surface area contributed by atoms with Crippen molar-refractivity contribution < 1.29 is 4.79 Å². The Bertz CT molecular complexity index is 1000. The van der Waals surface area contributed by atoms with Crippen LogP contribution in [0, 0.1) is 26.7 Å². The number of nitrogens with zero attached hydrogens (tertiary/aromatic N) is 3. The molecule has 1 aliphatic rings. The van der Waals surface area contributed by atoms with E-state index in [1.165, 1.54) is 21.4 Å². The zero-order chi connectivity index (χ0) is 19.7. The highest BCUT2D eigenvalue weighted by molar-refractivity contribution is 7.18. The first-order valence-electron chi connectivity index (χ1n) is 9.82. The van der Waals surface area contributed by atoms with Crippen LogP contribution in [0.4, 0.5) is 5.82 Å². The fraction of sp³-hybridized carbons (Fsp3) is 0.409. The van der Waals surface area contributed by atoms with E-state index in [9.17, 15) is 4.79 Å². The first-order valence-corrected chi connectivity index (χ1v) is 10.6. The number of benzene rings is 1. The van der Waals surface area contributed by atoms with Gasteiger partial charge in [-0.2, -0.15) is 0 Å². The van der Waals surface area contributed by atoms with Gasteiger partial charge in [0.15, 0.2) is 0 Å². The molecule has 1 fully saturated rings. The lowest BCUT2D eigenvalue weighted by Gasteiger charge is -2.32. The van der Waals surface area contributed by atoms with E-state index in [4.69, 9.17) is 0 Å². The Labute approximate surface area is 169 Å². The van der Waals surface area contributed by atoms with Gasteiger partial charge in [0.05, 0.1) is 5.39 Å². The first kappa shape index (κ1) is 18.9. The molecule has 3 heterocycles. The van der Waals surface area contributed by atoms with Crippen molar-refractivity contribution in [3.05, 3.63) is 52.2 Å². The number of hydrogen-bond acceptors (Lipinski definition) is 5. The number of amides is 1. The zero-order valence-electron chi connectivity index (χ0n) is 16.7. The SMILES string of the molecule is Cc1cccc(CNC(=O)C2CCN(c3ncnc4sc(C)c(C)c34)CC2)c1. The number of hydrogen-bond donors (Lipinski definition) is 1. The number of nitrogens with one attached hydrogen (secondary N) is 1. The second kappa shape index (κ2) is 7.87. The van der Waals surface area contributed by atoms with E-state index in [2.05, 4.69) is 59.2 Å². The Kier molecular flexibility index (Phi) is 5.31. The first-order chi connectivity index (χ1) is 13.5. The van der Waals surface area contributed by atoms with E-state index >= 15 is 0 Å². The van der Waals surface area contributed by atoms with E-state index < -0.39 is 0 Å². The van der Waals surface area contributed by atoms with Crippen molar-refractivity contribution in [1.82, 2.24) is 15.3 Å². The van der Waals surface area contributed by atoms with Crippen LogP contribution >= 0.6 is 11.3 Å². The third kappa shape index (κ3) is 3.74. The zero-order valence-corrected chi connectivity index (χ0v) is 17.5. The Morgan fingerprint density at radius 2 is 2.00 bits per heavy atom. The summed E-state index contributed by atoms with van der Waals surface area (Å²) in [5.74, 6) is 1.26. The van der Waals surface area contributed by atoms with Gasteiger partial charge in [0.2, 0.25) is 5.91 Å². The lowest BCUT2D eigenvalue weighted by atomic mass is 9.95. The van der Waals surface area contributed by atoms with Crippen LogP contribution in [0.2, 0.25) is 0 Å². The van der Waals surface area contributed by atoms with Gasteiger partial charge in [-0.1, -0.05) is 29.8 Å². The molecule has 3 aromatic rings. The monoisotopic (exact) mass is 394 g/mol. The van der Waals surface area contributed by atoms with Gasteiger partial charge in [-0.25, -0.2) is 9.97 Å². The molecule has 4 rings (SSSR count). The molecule has 0 unspecified atom stereocenters. The maximum atomic E-state index is 12.6. The maximum Gasteiger partial charge on any atom is 0.223 e. The van der Waals surface area contributed by atoms with Crippen molar-refractivity contribution in [1.29, 1.82) is 0 Å². The van der Waals surface area contributed by atoms with Crippen LogP contribution in [0.1, 0.15) is 34.4 Å². The molecule has 1 N–H and O–H groups in total. The number of fused-ring (bicyclic) bond motifs is 1. The Balaban J connectivity index is 1.39. The molecule has 0 spiro atoms. The molecule has 1 aromatic carbocycles. The summed E-state index contributed by atoms with van der Waals surface area (Å²) in [5.41, 5.74) is 3.64. The minimum atomic E-state index is 0.0729. The number of thiophene rings is 1. The van der Waals surface area contributed by atoms with Crippen molar-refractivity contribution >= 4 is 33.3 Å². The van der Waals surface area contributed by atoms with Crippen molar-refractivity contribution in [2.75, 3.05) is 18.0 Å². The number of piperidine rings is 1. The molecule has 0 aliphatic carbocycles. The smallest absolute Gasteiger partial charge is 0.223 e. The predicted molar refractivity (Wildman–Crippen MR) is 115 cm³/mol. The Morgan fingerprint density at radius 1 is 1.21 bits per heavy atom. The van der Waals surface area contributed by atoms with E-state index in [1.54, 1.807) is 17.7 Å². The molecule has 0 bridgehead atoms. The minimum absolute atomic E-state index is 0.0729. The molecule has 0 saturated carbocycles. The van der Waals surface area contributed by atoms with Crippen LogP contribution < -0.4 is 10.2 Å². The van der Waals surface area contributed by atoms with Gasteiger partial charge in [-0.15, -0.1) is 11.3 Å². The maximum absolute atomic E-state index is 12.6. The van der Waals surface area contributed by atoms with E-state index in [-0.39, 0.29) is 11.8 Å². The fourth-order valence-corrected chi connectivity index (χ4v) is 4.90. The highest BCUT2D eigenvalue weighted by Gasteiger charge is 2.27. The number of carbonyl (C=O) groups excluding carboxylic acids is 1. The standard InChI is InChI=1S/C22H26N4OS/c1-14-5-4-6-17(11-14)12-23-21(27)18-7-9-26(10-8-18)20-19-15(2)16(3)28-22(19)25-13-24-20/h4-6,11,13,18H,7-10,12H2,1-3H3,(H,23,27). The average Bonchev–Trinajstić information content (AvgIpc) is 3.00. The summed E-state index contributed by atoms with van der Waals surface area (Å²) in [4.78, 5) is 26.3. The molecule has 1 saturated heterocycles. The fourth-order valence-electron chi connectivity index (χ4n) is 3.91. The van der Waals surface area contributed by atoms with Gasteiger partial charge in [0.25, 0.3) is 0 Å². The number of rotatable bonds is 4. The Hall–Kier alpha value is -2.47. The van der Waals surface area contributed by atoms with Crippen LogP contribution in [0.25, 0.3) is 10.2 Å². The number of aryl methyl sites for hydroxylation is 3. The van der Waals surface area contributed by atoms with Crippen molar-refractivity contribution in [2.45, 2.75) is 40.2 Å². The van der Waals surface area contributed by atoms with Gasteiger partial charge in [0, 0.05) is 30.4 Å². The summed E-state index contributed by atoms with van der Waals surface area (Å²) in [6.45, 7) is 8.65. The lowest BCUT2D eigenvalue weighted by molar-refractivity contribution is -0.125. The predicted octanol–water partition coefficient (Wildman–Crippen LogP) is 4.15. The molecule has 1 aliphatic heterocycles. The van der Waals surface area contributed by atoms with Gasteiger partial charge in [-0.3, -0.25) is 4.79 Å². The Morgan fingerprint density at radius 3 is 2.75 bits per heavy atom. The van der Waals surface area contributed by atoms with Gasteiger partial charge in [0.1, 0.15) is 17.0 Å². The van der Waals surface area contributed by atoms with Crippen LogP contribution in [0.3, 0.4) is 0 Å². The summed E-state index contributed by atoms with van der Waals surface area (Å²) < 4.78 is 0. The molecular weight excluding hydrogens is 368 g/mol.